The van der Waals surface area contributed by atoms with Crippen molar-refractivity contribution in [2.24, 2.45) is 13.0 Å². The van der Waals surface area contributed by atoms with Gasteiger partial charge in [0.2, 0.25) is 0 Å². The molecular formula is C13H22N4. The molecule has 3 rings (SSSR count). The molecule has 1 aliphatic carbocycles. The fourth-order valence-corrected chi connectivity index (χ4v) is 3.23. The van der Waals surface area contributed by atoms with Gasteiger partial charge in [-0.1, -0.05) is 0 Å². The lowest BCUT2D eigenvalue weighted by Crippen LogP contribution is -2.30. The summed E-state index contributed by atoms with van der Waals surface area (Å²) in [5.74, 6) is 0.741. The normalized spacial score (nSPS) is 30.0. The third kappa shape index (κ3) is 2.11. The van der Waals surface area contributed by atoms with Crippen LogP contribution in [0.25, 0.3) is 0 Å². The Balaban J connectivity index is 1.83. The number of nitrogens with one attached hydrogen (secondary N) is 1. The van der Waals surface area contributed by atoms with Gasteiger partial charge in [-0.25, -0.2) is 0 Å². The molecule has 1 saturated carbocycles. The van der Waals surface area contributed by atoms with Crippen LogP contribution < -0.4 is 5.32 Å². The van der Waals surface area contributed by atoms with E-state index in [1.54, 1.807) is 0 Å². The van der Waals surface area contributed by atoms with Crippen molar-refractivity contribution in [3.8, 4) is 0 Å². The number of hydrogen-bond acceptors (Lipinski definition) is 3. The number of aromatic nitrogens is 2. The van der Waals surface area contributed by atoms with E-state index in [4.69, 9.17) is 0 Å². The summed E-state index contributed by atoms with van der Waals surface area (Å²) in [4.78, 5) is 2.71. The SMILES string of the molecule is CNCC1CCN(C2CC2)C1c1cnn(C)c1. The van der Waals surface area contributed by atoms with E-state index in [0.29, 0.717) is 6.04 Å². The summed E-state index contributed by atoms with van der Waals surface area (Å²) in [5, 5.41) is 7.68. The van der Waals surface area contributed by atoms with Crippen molar-refractivity contribution in [3.05, 3.63) is 18.0 Å². The van der Waals surface area contributed by atoms with Crippen molar-refractivity contribution in [2.75, 3.05) is 20.1 Å². The van der Waals surface area contributed by atoms with Gasteiger partial charge in [0.15, 0.2) is 0 Å². The van der Waals surface area contributed by atoms with Gasteiger partial charge in [0.25, 0.3) is 0 Å². The quantitative estimate of drug-likeness (QED) is 0.849. The topological polar surface area (TPSA) is 33.1 Å². The van der Waals surface area contributed by atoms with Gasteiger partial charge in [0, 0.05) is 30.9 Å². The number of hydrogen-bond donors (Lipinski definition) is 1. The van der Waals surface area contributed by atoms with Crippen LogP contribution in [-0.4, -0.2) is 40.9 Å². The fraction of sp³-hybridized carbons (Fsp3) is 0.769. The smallest absolute Gasteiger partial charge is 0.0537 e. The molecule has 2 unspecified atom stereocenters. The Kier molecular flexibility index (Phi) is 2.92. The molecular weight excluding hydrogens is 212 g/mol. The summed E-state index contributed by atoms with van der Waals surface area (Å²) in [7, 11) is 4.06. The predicted molar refractivity (Wildman–Crippen MR) is 67.7 cm³/mol. The van der Waals surface area contributed by atoms with Gasteiger partial charge >= 0.3 is 0 Å². The summed E-state index contributed by atoms with van der Waals surface area (Å²) in [6.45, 7) is 2.37. The number of nitrogens with zero attached hydrogens (tertiary/aromatic N) is 3. The molecule has 1 N–H and O–H groups in total. The fourth-order valence-electron chi connectivity index (χ4n) is 3.23. The van der Waals surface area contributed by atoms with Gasteiger partial charge in [-0.2, -0.15) is 5.10 Å². The highest BCUT2D eigenvalue weighted by molar-refractivity contribution is 5.16. The molecule has 17 heavy (non-hydrogen) atoms. The summed E-state index contributed by atoms with van der Waals surface area (Å²) < 4.78 is 1.93. The van der Waals surface area contributed by atoms with E-state index in [0.717, 1.165) is 18.5 Å². The second-order valence-corrected chi connectivity index (χ2v) is 5.47. The molecule has 0 aromatic carbocycles. The highest BCUT2D eigenvalue weighted by Crippen LogP contribution is 2.43. The zero-order valence-electron chi connectivity index (χ0n) is 10.8. The van der Waals surface area contributed by atoms with Gasteiger partial charge in [-0.05, 0) is 45.3 Å². The number of likely N-dealkylation sites (tertiary alicyclic amines) is 1. The molecule has 2 heterocycles. The zero-order chi connectivity index (χ0) is 11.8. The van der Waals surface area contributed by atoms with Crippen LogP contribution in [0.5, 0.6) is 0 Å². The average molecular weight is 234 g/mol. The van der Waals surface area contributed by atoms with E-state index in [9.17, 15) is 0 Å². The summed E-state index contributed by atoms with van der Waals surface area (Å²) in [6, 6.07) is 1.44. The van der Waals surface area contributed by atoms with Crippen LogP contribution >= 0.6 is 0 Å². The molecule has 0 spiro atoms. The van der Waals surface area contributed by atoms with E-state index in [-0.39, 0.29) is 0 Å². The maximum Gasteiger partial charge on any atom is 0.0537 e. The maximum absolute atomic E-state index is 4.34. The van der Waals surface area contributed by atoms with Gasteiger partial charge in [0.05, 0.1) is 6.20 Å². The third-order valence-electron chi connectivity index (χ3n) is 4.11. The molecule has 2 atom stereocenters. The molecule has 94 valence electrons. The van der Waals surface area contributed by atoms with Crippen LogP contribution in [0.3, 0.4) is 0 Å². The van der Waals surface area contributed by atoms with Crippen LogP contribution in [0.4, 0.5) is 0 Å². The second kappa shape index (κ2) is 4.42. The van der Waals surface area contributed by atoms with E-state index in [2.05, 4.69) is 28.6 Å². The van der Waals surface area contributed by atoms with Gasteiger partial charge in [-0.15, -0.1) is 0 Å². The van der Waals surface area contributed by atoms with Crippen molar-refractivity contribution >= 4 is 0 Å². The van der Waals surface area contributed by atoms with Gasteiger partial charge in [-0.3, -0.25) is 9.58 Å². The Bertz CT molecular complexity index is 383. The zero-order valence-corrected chi connectivity index (χ0v) is 10.8. The molecule has 1 saturated heterocycles. The van der Waals surface area contributed by atoms with E-state index < -0.39 is 0 Å². The number of aryl methyl sites for hydroxylation is 1. The Labute approximate surface area is 103 Å². The summed E-state index contributed by atoms with van der Waals surface area (Å²) >= 11 is 0. The molecule has 0 amide bonds. The largest absolute Gasteiger partial charge is 0.319 e. The first kappa shape index (κ1) is 11.2. The molecule has 2 aliphatic rings. The third-order valence-corrected chi connectivity index (χ3v) is 4.11. The Morgan fingerprint density at radius 1 is 1.41 bits per heavy atom. The van der Waals surface area contributed by atoms with Crippen LogP contribution in [0, 0.1) is 5.92 Å². The van der Waals surface area contributed by atoms with E-state index >= 15 is 0 Å². The summed E-state index contributed by atoms with van der Waals surface area (Å²) in [5.41, 5.74) is 1.40. The van der Waals surface area contributed by atoms with Crippen molar-refractivity contribution in [1.29, 1.82) is 0 Å². The molecule has 2 fully saturated rings. The molecule has 4 nitrogen and oxygen atoms in total. The monoisotopic (exact) mass is 234 g/mol. The van der Waals surface area contributed by atoms with Crippen LogP contribution in [0.2, 0.25) is 0 Å². The molecule has 1 aromatic heterocycles. The molecule has 1 aromatic rings. The van der Waals surface area contributed by atoms with Crippen LogP contribution in [-0.2, 0) is 7.05 Å². The molecule has 1 aliphatic heterocycles. The van der Waals surface area contributed by atoms with Gasteiger partial charge in [0.1, 0.15) is 0 Å². The van der Waals surface area contributed by atoms with Crippen molar-refractivity contribution in [1.82, 2.24) is 20.0 Å². The predicted octanol–water partition coefficient (Wildman–Crippen LogP) is 1.16. The minimum absolute atomic E-state index is 0.587. The lowest BCUT2D eigenvalue weighted by molar-refractivity contribution is 0.217. The first-order valence-corrected chi connectivity index (χ1v) is 6.68. The van der Waals surface area contributed by atoms with Crippen molar-refractivity contribution < 1.29 is 0 Å². The first-order valence-electron chi connectivity index (χ1n) is 6.68. The first-order chi connectivity index (χ1) is 8.29. The highest BCUT2D eigenvalue weighted by Gasteiger charge is 2.42. The Morgan fingerprint density at radius 2 is 2.24 bits per heavy atom. The lowest BCUT2D eigenvalue weighted by Gasteiger charge is -2.27. The average Bonchev–Trinajstić information content (AvgIpc) is 2.94. The van der Waals surface area contributed by atoms with Crippen molar-refractivity contribution in [2.45, 2.75) is 31.3 Å². The minimum atomic E-state index is 0.587. The molecule has 4 heteroatoms. The second-order valence-electron chi connectivity index (χ2n) is 5.47. The Morgan fingerprint density at radius 3 is 2.82 bits per heavy atom. The van der Waals surface area contributed by atoms with E-state index in [1.165, 1.54) is 31.4 Å². The standard InChI is InChI=1S/C13H22N4/c1-14-7-10-5-6-17(12-3-4-12)13(10)11-8-15-16(2)9-11/h8-10,12-14H,3-7H2,1-2H3. The summed E-state index contributed by atoms with van der Waals surface area (Å²) in [6.07, 6.45) is 8.34. The van der Waals surface area contributed by atoms with Crippen LogP contribution in [0.15, 0.2) is 12.4 Å². The minimum Gasteiger partial charge on any atom is -0.319 e. The lowest BCUT2D eigenvalue weighted by atomic mass is 9.95. The highest BCUT2D eigenvalue weighted by atomic mass is 15.3. The van der Waals surface area contributed by atoms with Gasteiger partial charge < -0.3 is 5.32 Å². The number of rotatable bonds is 4. The molecule has 0 bridgehead atoms. The molecule has 0 radical (unpaired) electrons. The van der Waals surface area contributed by atoms with Crippen molar-refractivity contribution in [3.63, 3.8) is 0 Å². The van der Waals surface area contributed by atoms with Crippen LogP contribution in [0.1, 0.15) is 30.9 Å². The van der Waals surface area contributed by atoms with E-state index in [1.807, 2.05) is 17.9 Å². The maximum atomic E-state index is 4.34. The Hall–Kier alpha value is -0.870.